The molecule has 148 valence electrons. The number of aromatic nitrogens is 1. The number of hydrogen-bond acceptors (Lipinski definition) is 4. The second-order valence-electron chi connectivity index (χ2n) is 7.12. The number of nitrogens with one attached hydrogen (secondary N) is 2. The number of rotatable bonds is 3. The first-order valence-electron chi connectivity index (χ1n) is 9.14. The number of carbonyl (C=O) groups excluding carboxylic acids is 1. The molecule has 1 aromatic carbocycles. The lowest BCUT2D eigenvalue weighted by Gasteiger charge is -2.41. The van der Waals surface area contributed by atoms with Crippen LogP contribution in [0.15, 0.2) is 42.5 Å². The van der Waals surface area contributed by atoms with Crippen LogP contribution in [-0.4, -0.2) is 64.1 Å². The molecule has 4 N–H and O–H groups in total. The molecule has 2 aliphatic heterocycles. The topological polar surface area (TPSA) is 123 Å². The van der Waals surface area contributed by atoms with Gasteiger partial charge in [0.25, 0.3) is 5.91 Å². The fraction of sp³-hybridized carbons (Fsp3) is 0.350. The van der Waals surface area contributed by atoms with Gasteiger partial charge >= 0.3 is 11.9 Å². The van der Waals surface area contributed by atoms with Crippen LogP contribution in [0.25, 0.3) is 10.9 Å². The summed E-state index contributed by atoms with van der Waals surface area (Å²) in [5, 5.41) is 20.2. The minimum atomic E-state index is -1.26. The number of nitrogens with zero attached hydrogens (tertiary/aromatic N) is 1. The van der Waals surface area contributed by atoms with Gasteiger partial charge in [-0.3, -0.25) is 4.79 Å². The number of fused-ring (bicyclic) bond motifs is 3. The number of likely N-dealkylation sites (tertiary alicyclic amines) is 1. The maximum Gasteiger partial charge on any atom is 0.328 e. The number of H-pyrrole nitrogens is 1. The third kappa shape index (κ3) is 4.98. The summed E-state index contributed by atoms with van der Waals surface area (Å²) in [7, 11) is 0. The molecule has 2 fully saturated rings. The quantitative estimate of drug-likeness (QED) is 0.595. The number of amides is 1. The van der Waals surface area contributed by atoms with Crippen molar-refractivity contribution in [3.63, 3.8) is 0 Å². The van der Waals surface area contributed by atoms with E-state index in [0.29, 0.717) is 24.0 Å². The summed E-state index contributed by atoms with van der Waals surface area (Å²) in [4.78, 5) is 37.1. The van der Waals surface area contributed by atoms with E-state index < -0.39 is 11.9 Å². The lowest BCUT2D eigenvalue weighted by Crippen LogP contribution is -2.52. The molecule has 0 spiro atoms. The van der Waals surface area contributed by atoms with Crippen molar-refractivity contribution in [3.05, 3.63) is 48.2 Å². The Bertz CT molecular complexity index is 843. The summed E-state index contributed by atoms with van der Waals surface area (Å²) in [6.07, 6.45) is 2.38. The molecule has 28 heavy (non-hydrogen) atoms. The normalized spacial score (nSPS) is 21.2. The molecule has 1 aromatic heterocycles. The number of aromatic amines is 1. The minimum absolute atomic E-state index is 0.151. The van der Waals surface area contributed by atoms with Crippen LogP contribution in [0.1, 0.15) is 16.9 Å². The molecule has 3 heterocycles. The van der Waals surface area contributed by atoms with Gasteiger partial charge in [-0.05, 0) is 43.5 Å². The van der Waals surface area contributed by atoms with Gasteiger partial charge in [0.05, 0.1) is 0 Å². The van der Waals surface area contributed by atoms with Crippen LogP contribution in [0.2, 0.25) is 0 Å². The van der Waals surface area contributed by atoms with Crippen LogP contribution in [0.5, 0.6) is 0 Å². The van der Waals surface area contributed by atoms with Crippen LogP contribution < -0.4 is 5.32 Å². The smallest absolute Gasteiger partial charge is 0.328 e. The van der Waals surface area contributed by atoms with Crippen LogP contribution in [-0.2, 0) is 9.59 Å². The molecule has 0 radical (unpaired) electrons. The van der Waals surface area contributed by atoms with E-state index in [0.717, 1.165) is 42.8 Å². The Morgan fingerprint density at radius 1 is 1.00 bits per heavy atom. The second kappa shape index (κ2) is 8.71. The molecule has 2 bridgehead atoms. The van der Waals surface area contributed by atoms with Crippen molar-refractivity contribution in [3.8, 4) is 0 Å². The van der Waals surface area contributed by atoms with Crippen molar-refractivity contribution >= 4 is 28.7 Å². The summed E-state index contributed by atoms with van der Waals surface area (Å²) < 4.78 is 0. The first kappa shape index (κ1) is 19.6. The molecular weight excluding hydrogens is 362 g/mol. The molecule has 2 atom stereocenters. The molecule has 2 aliphatic rings. The molecule has 2 saturated heterocycles. The summed E-state index contributed by atoms with van der Waals surface area (Å²) in [6, 6.07) is 10.0. The van der Waals surface area contributed by atoms with E-state index in [4.69, 9.17) is 10.2 Å². The zero-order valence-corrected chi connectivity index (χ0v) is 15.3. The number of benzene rings is 1. The third-order valence-corrected chi connectivity index (χ3v) is 4.91. The number of carboxylic acid groups (broad SMARTS) is 2. The summed E-state index contributed by atoms with van der Waals surface area (Å²) in [6.45, 7) is 3.87. The molecule has 0 saturated carbocycles. The van der Waals surface area contributed by atoms with Gasteiger partial charge in [-0.2, -0.15) is 0 Å². The predicted octanol–water partition coefficient (Wildman–Crippen LogP) is 1.56. The standard InChI is InChI=1S/C16H19N3O.C4H4O4/c20-16(15-6-13-3-1-2-4-14(13)18-15)19-9-11-5-12(10-19)8-17-7-11;5-3(6)1-2-4(7)8/h1-4,6,11-12,17-18H,5,7-10H2;1-2H,(H,5,6)(H,7,8)/b;2-1+/t11-,12+;. The number of carboxylic acids is 2. The van der Waals surface area contributed by atoms with Crippen LogP contribution in [0, 0.1) is 11.8 Å². The Morgan fingerprint density at radius 3 is 2.18 bits per heavy atom. The molecule has 1 amide bonds. The van der Waals surface area contributed by atoms with Gasteiger partial charge in [0.1, 0.15) is 5.69 Å². The molecule has 4 rings (SSSR count). The molecular formula is C20H23N3O5. The minimum Gasteiger partial charge on any atom is -0.478 e. The van der Waals surface area contributed by atoms with Crippen molar-refractivity contribution in [1.82, 2.24) is 15.2 Å². The fourth-order valence-corrected chi connectivity index (χ4v) is 3.77. The monoisotopic (exact) mass is 385 g/mol. The number of aliphatic carboxylic acids is 2. The van der Waals surface area contributed by atoms with Crippen molar-refractivity contribution < 1.29 is 24.6 Å². The van der Waals surface area contributed by atoms with Crippen LogP contribution in [0.3, 0.4) is 0 Å². The zero-order valence-electron chi connectivity index (χ0n) is 15.3. The number of hydrogen-bond donors (Lipinski definition) is 4. The van der Waals surface area contributed by atoms with E-state index >= 15 is 0 Å². The number of para-hydroxylation sites is 1. The van der Waals surface area contributed by atoms with Crippen LogP contribution in [0.4, 0.5) is 0 Å². The maximum atomic E-state index is 12.7. The lowest BCUT2D eigenvalue weighted by atomic mass is 9.86. The van der Waals surface area contributed by atoms with Crippen molar-refractivity contribution in [2.45, 2.75) is 6.42 Å². The summed E-state index contributed by atoms with van der Waals surface area (Å²) >= 11 is 0. The highest BCUT2D eigenvalue weighted by molar-refractivity contribution is 5.98. The van der Waals surface area contributed by atoms with Gasteiger partial charge in [-0.25, -0.2) is 9.59 Å². The molecule has 0 aliphatic carbocycles. The maximum absolute atomic E-state index is 12.7. The molecule has 8 nitrogen and oxygen atoms in total. The first-order valence-corrected chi connectivity index (χ1v) is 9.14. The highest BCUT2D eigenvalue weighted by atomic mass is 16.4. The SMILES string of the molecule is O=C(O)/C=C/C(=O)O.O=C(c1cc2ccccc2[nH]1)N1C[C@@H]2CNC[C@@H](C2)C1. The number of piperidine rings is 2. The molecule has 8 heteroatoms. The van der Waals surface area contributed by atoms with Gasteiger partial charge in [0.2, 0.25) is 0 Å². The highest BCUT2D eigenvalue weighted by Gasteiger charge is 2.33. The van der Waals surface area contributed by atoms with Gasteiger partial charge in [-0.15, -0.1) is 0 Å². The predicted molar refractivity (Wildman–Crippen MR) is 103 cm³/mol. The first-order chi connectivity index (χ1) is 13.4. The number of carbonyl (C=O) groups is 3. The van der Waals surface area contributed by atoms with Crippen molar-refractivity contribution in [2.75, 3.05) is 26.2 Å². The van der Waals surface area contributed by atoms with E-state index in [-0.39, 0.29) is 5.91 Å². The Hall–Kier alpha value is -3.13. The Labute approximate surface area is 161 Å². The van der Waals surface area contributed by atoms with E-state index in [1.807, 2.05) is 35.2 Å². The van der Waals surface area contributed by atoms with E-state index in [9.17, 15) is 14.4 Å². The van der Waals surface area contributed by atoms with Gasteiger partial charge in [0, 0.05) is 36.1 Å². The van der Waals surface area contributed by atoms with Gasteiger partial charge in [0.15, 0.2) is 0 Å². The van der Waals surface area contributed by atoms with Gasteiger partial charge < -0.3 is 25.4 Å². The van der Waals surface area contributed by atoms with Crippen LogP contribution >= 0.6 is 0 Å². The third-order valence-electron chi connectivity index (χ3n) is 4.91. The average molecular weight is 385 g/mol. The molecule has 0 unspecified atom stereocenters. The largest absolute Gasteiger partial charge is 0.478 e. The Morgan fingerprint density at radius 2 is 1.61 bits per heavy atom. The van der Waals surface area contributed by atoms with E-state index in [1.165, 1.54) is 6.42 Å². The Balaban J connectivity index is 0.000000242. The second-order valence-corrected chi connectivity index (χ2v) is 7.12. The zero-order chi connectivity index (χ0) is 20.1. The molecule has 2 aromatic rings. The average Bonchev–Trinajstić information content (AvgIpc) is 3.10. The van der Waals surface area contributed by atoms with E-state index in [2.05, 4.69) is 10.3 Å². The highest BCUT2D eigenvalue weighted by Crippen LogP contribution is 2.26. The summed E-state index contributed by atoms with van der Waals surface area (Å²) in [5.41, 5.74) is 1.76. The van der Waals surface area contributed by atoms with Crippen molar-refractivity contribution in [2.24, 2.45) is 11.8 Å². The fourth-order valence-electron chi connectivity index (χ4n) is 3.77. The van der Waals surface area contributed by atoms with Gasteiger partial charge in [-0.1, -0.05) is 18.2 Å². The Kier molecular flexibility index (Phi) is 6.10. The van der Waals surface area contributed by atoms with E-state index in [1.54, 1.807) is 0 Å². The summed E-state index contributed by atoms with van der Waals surface area (Å²) in [5.74, 6) is -1.12. The van der Waals surface area contributed by atoms with Crippen molar-refractivity contribution in [1.29, 1.82) is 0 Å². The lowest BCUT2D eigenvalue weighted by molar-refractivity contribution is -0.134.